The van der Waals surface area contributed by atoms with Crippen LogP contribution < -0.4 is 5.32 Å². The van der Waals surface area contributed by atoms with Crippen molar-refractivity contribution in [3.63, 3.8) is 0 Å². The summed E-state index contributed by atoms with van der Waals surface area (Å²) in [6.07, 6.45) is 5.79. The molecular formula is C21H26FN3O3S2. The highest BCUT2D eigenvalue weighted by Gasteiger charge is 2.26. The van der Waals surface area contributed by atoms with Crippen molar-refractivity contribution in [1.82, 2.24) is 9.29 Å². The molecule has 0 bridgehead atoms. The van der Waals surface area contributed by atoms with Gasteiger partial charge in [-0.3, -0.25) is 4.79 Å². The molecule has 30 heavy (non-hydrogen) atoms. The summed E-state index contributed by atoms with van der Waals surface area (Å²) in [5.41, 5.74) is 0.521. The number of sulfonamides is 1. The van der Waals surface area contributed by atoms with E-state index in [-0.39, 0.29) is 16.6 Å². The first-order chi connectivity index (χ1) is 14.4. The summed E-state index contributed by atoms with van der Waals surface area (Å²) in [4.78, 5) is 17.0. The summed E-state index contributed by atoms with van der Waals surface area (Å²) in [5.74, 6) is -0.578. The largest absolute Gasteiger partial charge is 0.325 e. The number of nitrogens with zero attached hydrogens (tertiary/aromatic N) is 2. The number of aromatic nitrogens is 1. The van der Waals surface area contributed by atoms with E-state index in [2.05, 4.69) is 10.3 Å². The minimum atomic E-state index is -3.55. The highest BCUT2D eigenvalue weighted by molar-refractivity contribution is 8.00. The second kappa shape index (κ2) is 10.4. The fraction of sp³-hybridized carbons (Fsp3) is 0.429. The summed E-state index contributed by atoms with van der Waals surface area (Å²) in [6.45, 7) is 2.97. The van der Waals surface area contributed by atoms with Gasteiger partial charge in [-0.1, -0.05) is 31.5 Å². The molecule has 1 unspecified atom stereocenters. The number of nitrogens with one attached hydrogen (secondary N) is 1. The number of pyridine rings is 1. The standard InChI is InChI=1S/C21H26FN3O3S2/c1-2-19(21(26)24-17-9-7-16(22)8-10-17)29-20-12-11-18(15-23-20)30(27,28)25-13-5-3-4-6-14-25/h7-12,15,19H,2-6,13-14H2,1H3,(H,24,26). The molecule has 1 fully saturated rings. The lowest BCUT2D eigenvalue weighted by Gasteiger charge is -2.20. The normalized spacial score (nSPS) is 16.6. The van der Waals surface area contributed by atoms with E-state index in [0.717, 1.165) is 25.7 Å². The van der Waals surface area contributed by atoms with Crippen molar-refractivity contribution in [2.24, 2.45) is 0 Å². The number of carbonyl (C=O) groups is 1. The molecule has 2 heterocycles. The molecule has 162 valence electrons. The maximum absolute atomic E-state index is 13.0. The van der Waals surface area contributed by atoms with Gasteiger partial charge in [-0.05, 0) is 55.7 Å². The number of amides is 1. The molecule has 2 aromatic rings. The van der Waals surface area contributed by atoms with Gasteiger partial charge in [0, 0.05) is 25.0 Å². The van der Waals surface area contributed by atoms with E-state index < -0.39 is 15.3 Å². The van der Waals surface area contributed by atoms with Crippen molar-refractivity contribution in [3.05, 3.63) is 48.4 Å². The summed E-state index contributed by atoms with van der Waals surface area (Å²) in [6, 6.07) is 8.78. The fourth-order valence-corrected chi connectivity index (χ4v) is 5.59. The van der Waals surface area contributed by atoms with E-state index in [1.165, 1.54) is 46.5 Å². The molecule has 1 aromatic carbocycles. The third-order valence-electron chi connectivity index (χ3n) is 4.95. The molecule has 1 saturated heterocycles. The average Bonchev–Trinajstić information content (AvgIpc) is 3.04. The smallest absolute Gasteiger partial charge is 0.244 e. The Morgan fingerprint density at radius 2 is 1.80 bits per heavy atom. The molecule has 1 N–H and O–H groups in total. The Morgan fingerprint density at radius 1 is 1.13 bits per heavy atom. The number of halogens is 1. The Balaban J connectivity index is 1.65. The van der Waals surface area contributed by atoms with Gasteiger partial charge in [0.2, 0.25) is 15.9 Å². The molecule has 1 atom stereocenters. The van der Waals surface area contributed by atoms with E-state index in [1.54, 1.807) is 12.1 Å². The van der Waals surface area contributed by atoms with Crippen LogP contribution in [0.4, 0.5) is 10.1 Å². The zero-order chi connectivity index (χ0) is 21.6. The maximum Gasteiger partial charge on any atom is 0.244 e. The topological polar surface area (TPSA) is 79.4 Å². The Labute approximate surface area is 181 Å². The van der Waals surface area contributed by atoms with Crippen molar-refractivity contribution in [1.29, 1.82) is 0 Å². The van der Waals surface area contributed by atoms with E-state index >= 15 is 0 Å². The summed E-state index contributed by atoms with van der Waals surface area (Å²) >= 11 is 1.27. The molecule has 6 nitrogen and oxygen atoms in total. The molecule has 0 saturated carbocycles. The number of carbonyl (C=O) groups excluding carboxylic acids is 1. The Hall–Kier alpha value is -1.97. The lowest BCUT2D eigenvalue weighted by molar-refractivity contribution is -0.115. The maximum atomic E-state index is 13.0. The number of thioether (sulfide) groups is 1. The first-order valence-electron chi connectivity index (χ1n) is 10.1. The van der Waals surface area contributed by atoms with Crippen LogP contribution in [0.1, 0.15) is 39.0 Å². The SMILES string of the molecule is CCC(Sc1ccc(S(=O)(=O)N2CCCCCC2)cn1)C(=O)Nc1ccc(F)cc1. The van der Waals surface area contributed by atoms with Gasteiger partial charge >= 0.3 is 0 Å². The fourth-order valence-electron chi connectivity index (χ4n) is 3.24. The Bertz CT molecular complexity index is 942. The molecule has 0 spiro atoms. The lowest BCUT2D eigenvalue weighted by Crippen LogP contribution is -2.32. The Kier molecular flexibility index (Phi) is 7.85. The molecular weight excluding hydrogens is 425 g/mol. The summed E-state index contributed by atoms with van der Waals surface area (Å²) < 4.78 is 40.3. The number of hydrogen-bond acceptors (Lipinski definition) is 5. The monoisotopic (exact) mass is 451 g/mol. The van der Waals surface area contributed by atoms with Crippen LogP contribution in [0.15, 0.2) is 52.5 Å². The van der Waals surface area contributed by atoms with Crippen LogP contribution in [0.3, 0.4) is 0 Å². The van der Waals surface area contributed by atoms with Crippen LogP contribution in [0.2, 0.25) is 0 Å². The van der Waals surface area contributed by atoms with Crippen LogP contribution in [-0.4, -0.2) is 42.0 Å². The minimum Gasteiger partial charge on any atom is -0.325 e. The van der Waals surface area contributed by atoms with Crippen molar-refractivity contribution in [2.75, 3.05) is 18.4 Å². The van der Waals surface area contributed by atoms with Crippen LogP contribution >= 0.6 is 11.8 Å². The number of rotatable bonds is 7. The lowest BCUT2D eigenvalue weighted by atomic mass is 10.2. The molecule has 1 aliphatic heterocycles. The second-order valence-electron chi connectivity index (χ2n) is 7.16. The highest BCUT2D eigenvalue weighted by Crippen LogP contribution is 2.27. The number of hydrogen-bond donors (Lipinski definition) is 1. The molecule has 1 aliphatic rings. The van der Waals surface area contributed by atoms with E-state index in [9.17, 15) is 17.6 Å². The van der Waals surface area contributed by atoms with Gasteiger partial charge in [-0.15, -0.1) is 0 Å². The third-order valence-corrected chi connectivity index (χ3v) is 8.15. The van der Waals surface area contributed by atoms with Gasteiger partial charge in [0.05, 0.1) is 10.3 Å². The average molecular weight is 452 g/mol. The number of benzene rings is 1. The first kappa shape index (κ1) is 22.7. The zero-order valence-electron chi connectivity index (χ0n) is 16.9. The van der Waals surface area contributed by atoms with Crippen molar-refractivity contribution in [3.8, 4) is 0 Å². The van der Waals surface area contributed by atoms with Crippen LogP contribution in [0.25, 0.3) is 0 Å². The van der Waals surface area contributed by atoms with Gasteiger partial charge in [-0.2, -0.15) is 4.31 Å². The van der Waals surface area contributed by atoms with Crippen LogP contribution in [-0.2, 0) is 14.8 Å². The third kappa shape index (κ3) is 5.80. The summed E-state index contributed by atoms with van der Waals surface area (Å²) in [5, 5.41) is 2.94. The van der Waals surface area contributed by atoms with Crippen LogP contribution in [0.5, 0.6) is 0 Å². The predicted octanol–water partition coefficient (Wildman–Crippen LogP) is 4.29. The van der Waals surface area contributed by atoms with Crippen molar-refractivity contribution < 1.29 is 17.6 Å². The van der Waals surface area contributed by atoms with Gasteiger partial charge < -0.3 is 5.32 Å². The van der Waals surface area contributed by atoms with E-state index in [0.29, 0.717) is 30.2 Å². The van der Waals surface area contributed by atoms with Gasteiger partial charge in [0.25, 0.3) is 0 Å². The zero-order valence-corrected chi connectivity index (χ0v) is 18.5. The molecule has 0 aliphatic carbocycles. The van der Waals surface area contributed by atoms with E-state index in [4.69, 9.17) is 0 Å². The second-order valence-corrected chi connectivity index (χ2v) is 10.3. The van der Waals surface area contributed by atoms with Crippen LogP contribution in [0, 0.1) is 5.82 Å². The van der Waals surface area contributed by atoms with Gasteiger partial charge in [-0.25, -0.2) is 17.8 Å². The molecule has 1 aromatic heterocycles. The summed E-state index contributed by atoms with van der Waals surface area (Å²) in [7, 11) is -3.55. The van der Waals surface area contributed by atoms with Crippen molar-refractivity contribution in [2.45, 2.75) is 54.2 Å². The van der Waals surface area contributed by atoms with Gasteiger partial charge in [0.15, 0.2) is 0 Å². The Morgan fingerprint density at radius 3 is 2.37 bits per heavy atom. The minimum absolute atomic E-state index is 0.178. The predicted molar refractivity (Wildman–Crippen MR) is 116 cm³/mol. The molecule has 9 heteroatoms. The highest BCUT2D eigenvalue weighted by atomic mass is 32.2. The van der Waals surface area contributed by atoms with E-state index in [1.807, 2.05) is 6.92 Å². The molecule has 1 amide bonds. The quantitative estimate of drug-likeness (QED) is 0.635. The first-order valence-corrected chi connectivity index (χ1v) is 12.4. The molecule has 0 radical (unpaired) electrons. The molecule has 3 rings (SSSR count). The van der Waals surface area contributed by atoms with Gasteiger partial charge in [0.1, 0.15) is 10.7 Å². The van der Waals surface area contributed by atoms with Crippen molar-refractivity contribution >= 4 is 33.4 Å². The number of anilines is 1.